The summed E-state index contributed by atoms with van der Waals surface area (Å²) < 4.78 is 12.9. The molecule has 0 aromatic heterocycles. The van der Waals surface area contributed by atoms with Gasteiger partial charge in [-0.3, -0.25) is 14.9 Å². The van der Waals surface area contributed by atoms with E-state index in [2.05, 4.69) is 5.32 Å². The van der Waals surface area contributed by atoms with E-state index in [-0.39, 0.29) is 17.9 Å². The minimum atomic E-state index is -1.63. The second-order valence-corrected chi connectivity index (χ2v) is 5.66. The molecule has 1 atom stereocenters. The Morgan fingerprint density at radius 3 is 2.33 bits per heavy atom. The number of nitro benzene ring substituents is 1. The lowest BCUT2D eigenvalue weighted by atomic mass is 9.96. The Morgan fingerprint density at radius 2 is 1.79 bits per heavy atom. The van der Waals surface area contributed by atoms with Crippen LogP contribution >= 0.6 is 0 Å². The standard InChI is InChI=1S/C17H17FN2O4/c1-17(22,11-10-12-2-4-13(18)5-3-12)16(21)19-14-6-8-15(9-7-14)20(23)24/h2-9,22H,10-11H2,1H3,(H,19,21)/t17-/m0/s1. The molecule has 2 aromatic rings. The molecule has 2 aromatic carbocycles. The second-order valence-electron chi connectivity index (χ2n) is 5.66. The number of non-ortho nitro benzene ring substituents is 1. The number of aryl methyl sites for hydroxylation is 1. The molecule has 0 bridgehead atoms. The zero-order chi connectivity index (χ0) is 17.7. The molecule has 1 amide bonds. The van der Waals surface area contributed by atoms with Crippen LogP contribution in [0, 0.1) is 15.9 Å². The maximum absolute atomic E-state index is 12.9. The highest BCUT2D eigenvalue weighted by molar-refractivity contribution is 5.96. The first kappa shape index (κ1) is 17.6. The lowest BCUT2D eigenvalue weighted by Crippen LogP contribution is -2.40. The van der Waals surface area contributed by atoms with Crippen LogP contribution in [-0.4, -0.2) is 21.5 Å². The van der Waals surface area contributed by atoms with Crippen LogP contribution in [0.4, 0.5) is 15.8 Å². The van der Waals surface area contributed by atoms with Crippen molar-refractivity contribution in [2.24, 2.45) is 0 Å². The van der Waals surface area contributed by atoms with Gasteiger partial charge in [-0.15, -0.1) is 0 Å². The highest BCUT2D eigenvalue weighted by Gasteiger charge is 2.30. The first-order valence-corrected chi connectivity index (χ1v) is 7.31. The van der Waals surface area contributed by atoms with Crippen molar-refractivity contribution in [3.8, 4) is 0 Å². The average molecular weight is 332 g/mol. The summed E-state index contributed by atoms with van der Waals surface area (Å²) in [5.74, 6) is -0.958. The number of nitrogens with one attached hydrogen (secondary N) is 1. The van der Waals surface area contributed by atoms with E-state index in [9.17, 15) is 24.4 Å². The molecule has 0 radical (unpaired) electrons. The van der Waals surface area contributed by atoms with E-state index in [0.717, 1.165) is 5.56 Å². The molecule has 6 nitrogen and oxygen atoms in total. The Morgan fingerprint density at radius 1 is 1.21 bits per heavy atom. The van der Waals surface area contributed by atoms with Crippen LogP contribution in [-0.2, 0) is 11.2 Å². The summed E-state index contributed by atoms with van der Waals surface area (Å²) in [7, 11) is 0. The molecule has 0 aliphatic heterocycles. The number of nitrogens with zero attached hydrogens (tertiary/aromatic N) is 1. The van der Waals surface area contributed by atoms with Crippen molar-refractivity contribution in [3.05, 3.63) is 70.0 Å². The van der Waals surface area contributed by atoms with Crippen LogP contribution in [0.5, 0.6) is 0 Å². The molecular formula is C17H17FN2O4. The fourth-order valence-electron chi connectivity index (χ4n) is 2.08. The fourth-order valence-corrected chi connectivity index (χ4v) is 2.08. The van der Waals surface area contributed by atoms with Crippen molar-refractivity contribution in [1.29, 1.82) is 0 Å². The molecule has 0 aliphatic rings. The molecular weight excluding hydrogens is 315 g/mol. The van der Waals surface area contributed by atoms with E-state index >= 15 is 0 Å². The van der Waals surface area contributed by atoms with Gasteiger partial charge in [0.25, 0.3) is 11.6 Å². The second kappa shape index (κ2) is 7.18. The SMILES string of the molecule is C[C@](O)(CCc1ccc(F)cc1)C(=O)Nc1ccc([N+](=O)[O-])cc1. The third-order valence-electron chi connectivity index (χ3n) is 3.64. The van der Waals surface area contributed by atoms with Gasteiger partial charge in [-0.1, -0.05) is 12.1 Å². The van der Waals surface area contributed by atoms with E-state index in [4.69, 9.17) is 0 Å². The van der Waals surface area contributed by atoms with Crippen molar-refractivity contribution in [3.63, 3.8) is 0 Å². The predicted molar refractivity (Wildman–Crippen MR) is 87.1 cm³/mol. The lowest BCUT2D eigenvalue weighted by molar-refractivity contribution is -0.384. The van der Waals surface area contributed by atoms with Crippen LogP contribution in [0.3, 0.4) is 0 Å². The molecule has 0 saturated carbocycles. The molecule has 0 saturated heterocycles. The topological polar surface area (TPSA) is 92.5 Å². The highest BCUT2D eigenvalue weighted by atomic mass is 19.1. The number of rotatable bonds is 6. The Balaban J connectivity index is 1.96. The maximum atomic E-state index is 12.9. The van der Waals surface area contributed by atoms with E-state index in [0.29, 0.717) is 12.1 Å². The number of hydrogen-bond donors (Lipinski definition) is 2. The summed E-state index contributed by atoms with van der Waals surface area (Å²) in [6, 6.07) is 11.2. The minimum absolute atomic E-state index is 0.0870. The van der Waals surface area contributed by atoms with Gasteiger partial charge in [-0.25, -0.2) is 4.39 Å². The predicted octanol–water partition coefficient (Wildman–Crippen LogP) is 3.06. The van der Waals surface area contributed by atoms with Crippen molar-refractivity contribution >= 4 is 17.3 Å². The van der Waals surface area contributed by atoms with Gasteiger partial charge in [-0.05, 0) is 49.6 Å². The Labute approximate surface area is 138 Å². The molecule has 7 heteroatoms. The zero-order valence-corrected chi connectivity index (χ0v) is 13.0. The van der Waals surface area contributed by atoms with Crippen LogP contribution < -0.4 is 5.32 Å². The summed E-state index contributed by atoms with van der Waals surface area (Å²) in [5, 5.41) is 23.4. The number of benzene rings is 2. The lowest BCUT2D eigenvalue weighted by Gasteiger charge is -2.22. The largest absolute Gasteiger partial charge is 0.380 e. The van der Waals surface area contributed by atoms with E-state index in [1.807, 2.05) is 0 Å². The van der Waals surface area contributed by atoms with Gasteiger partial charge >= 0.3 is 0 Å². The van der Waals surface area contributed by atoms with Crippen molar-refractivity contribution in [2.75, 3.05) is 5.32 Å². The molecule has 0 heterocycles. The van der Waals surface area contributed by atoms with E-state index < -0.39 is 16.4 Å². The first-order chi connectivity index (χ1) is 11.3. The normalized spacial score (nSPS) is 13.1. The summed E-state index contributed by atoms with van der Waals surface area (Å²) in [6.45, 7) is 1.39. The average Bonchev–Trinajstić information content (AvgIpc) is 2.55. The van der Waals surface area contributed by atoms with Crippen LogP contribution in [0.1, 0.15) is 18.9 Å². The number of nitro groups is 1. The molecule has 126 valence electrons. The quantitative estimate of drug-likeness (QED) is 0.628. The maximum Gasteiger partial charge on any atom is 0.269 e. The van der Waals surface area contributed by atoms with Crippen LogP contribution in [0.25, 0.3) is 0 Å². The van der Waals surface area contributed by atoms with Gasteiger partial charge in [0.1, 0.15) is 11.4 Å². The number of hydrogen-bond acceptors (Lipinski definition) is 4. The van der Waals surface area contributed by atoms with E-state index in [1.165, 1.54) is 43.3 Å². The minimum Gasteiger partial charge on any atom is -0.380 e. The van der Waals surface area contributed by atoms with Gasteiger partial charge in [0.15, 0.2) is 0 Å². The molecule has 0 fully saturated rings. The van der Waals surface area contributed by atoms with Crippen molar-refractivity contribution in [2.45, 2.75) is 25.4 Å². The van der Waals surface area contributed by atoms with E-state index in [1.54, 1.807) is 12.1 Å². The van der Waals surface area contributed by atoms with Crippen LogP contribution in [0.2, 0.25) is 0 Å². The Kier molecular flexibility index (Phi) is 5.25. The number of amides is 1. The van der Waals surface area contributed by atoms with Gasteiger partial charge in [0.05, 0.1) is 4.92 Å². The van der Waals surface area contributed by atoms with Crippen molar-refractivity contribution in [1.82, 2.24) is 0 Å². The number of aliphatic hydroxyl groups is 1. The smallest absolute Gasteiger partial charge is 0.269 e. The fraction of sp³-hybridized carbons (Fsp3) is 0.235. The summed E-state index contributed by atoms with van der Waals surface area (Å²) in [5.41, 5.74) is -0.556. The Bertz CT molecular complexity index is 727. The summed E-state index contributed by atoms with van der Waals surface area (Å²) in [6.07, 6.45) is 0.554. The zero-order valence-electron chi connectivity index (χ0n) is 13.0. The molecule has 0 aliphatic carbocycles. The third-order valence-corrected chi connectivity index (χ3v) is 3.64. The number of anilines is 1. The number of carbonyl (C=O) groups is 1. The summed E-state index contributed by atoms with van der Waals surface area (Å²) in [4.78, 5) is 22.2. The number of carbonyl (C=O) groups excluding carboxylic acids is 1. The molecule has 24 heavy (non-hydrogen) atoms. The summed E-state index contributed by atoms with van der Waals surface area (Å²) >= 11 is 0. The molecule has 2 rings (SSSR count). The third kappa shape index (κ3) is 4.60. The van der Waals surface area contributed by atoms with Crippen molar-refractivity contribution < 1.29 is 19.2 Å². The molecule has 2 N–H and O–H groups in total. The van der Waals surface area contributed by atoms with Gasteiger partial charge in [0.2, 0.25) is 0 Å². The first-order valence-electron chi connectivity index (χ1n) is 7.31. The van der Waals surface area contributed by atoms with Crippen LogP contribution in [0.15, 0.2) is 48.5 Å². The molecule has 0 spiro atoms. The van der Waals surface area contributed by atoms with Gasteiger partial charge < -0.3 is 10.4 Å². The highest BCUT2D eigenvalue weighted by Crippen LogP contribution is 2.19. The molecule has 0 unspecified atom stereocenters. The van der Waals surface area contributed by atoms with Gasteiger partial charge in [0, 0.05) is 17.8 Å². The monoisotopic (exact) mass is 332 g/mol. The van der Waals surface area contributed by atoms with Gasteiger partial charge in [-0.2, -0.15) is 0 Å². The number of halogens is 1. The Hall–Kier alpha value is -2.80.